The van der Waals surface area contributed by atoms with Crippen LogP contribution in [0.1, 0.15) is 24.3 Å². The van der Waals surface area contributed by atoms with Crippen LogP contribution in [0.15, 0.2) is 22.7 Å². The lowest BCUT2D eigenvalue weighted by Crippen LogP contribution is -2.14. The summed E-state index contributed by atoms with van der Waals surface area (Å²) in [6.07, 6.45) is 2.02. The van der Waals surface area contributed by atoms with Crippen molar-refractivity contribution >= 4 is 15.9 Å². The zero-order chi connectivity index (χ0) is 9.97. The van der Waals surface area contributed by atoms with Crippen LogP contribution in [0.2, 0.25) is 0 Å². The fourth-order valence-corrected chi connectivity index (χ4v) is 2.22. The quantitative estimate of drug-likeness (QED) is 0.837. The van der Waals surface area contributed by atoms with E-state index in [9.17, 15) is 5.11 Å². The smallest absolute Gasteiger partial charge is 0.120 e. The number of hydrogen-bond acceptors (Lipinski definition) is 2. The largest absolute Gasteiger partial charge is 0.508 e. The van der Waals surface area contributed by atoms with E-state index in [1.807, 2.05) is 12.1 Å². The van der Waals surface area contributed by atoms with Gasteiger partial charge in [0.1, 0.15) is 5.75 Å². The number of rotatable bonds is 1. The van der Waals surface area contributed by atoms with Gasteiger partial charge in [-0.15, -0.1) is 0 Å². The molecule has 0 aromatic heterocycles. The average Bonchev–Trinajstić information content (AvgIpc) is 2.19. The molecule has 1 aliphatic heterocycles. The summed E-state index contributed by atoms with van der Waals surface area (Å²) in [6, 6.07) is 5.73. The molecule has 1 N–H and O–H groups in total. The number of aromatic hydroxyl groups is 1. The molecule has 1 saturated heterocycles. The van der Waals surface area contributed by atoms with E-state index in [0.717, 1.165) is 36.1 Å². The number of halogens is 1. The van der Waals surface area contributed by atoms with Crippen molar-refractivity contribution in [3.05, 3.63) is 28.2 Å². The number of benzene rings is 1. The van der Waals surface area contributed by atoms with E-state index in [1.165, 1.54) is 0 Å². The van der Waals surface area contributed by atoms with Crippen LogP contribution < -0.4 is 0 Å². The topological polar surface area (TPSA) is 29.5 Å². The number of hydrogen-bond donors (Lipinski definition) is 1. The molecule has 0 radical (unpaired) electrons. The molecular formula is C11H13BrO2. The maximum atomic E-state index is 9.77. The van der Waals surface area contributed by atoms with Crippen LogP contribution in [0.25, 0.3) is 0 Å². The molecule has 0 saturated carbocycles. The standard InChI is InChI=1S/C11H13BrO2/c12-9-1-2-10(11(13)7-9)8-3-5-14-6-4-8/h1-2,7-8,13H,3-6H2. The fourth-order valence-electron chi connectivity index (χ4n) is 1.87. The van der Waals surface area contributed by atoms with E-state index in [1.54, 1.807) is 6.07 Å². The minimum Gasteiger partial charge on any atom is -0.508 e. The van der Waals surface area contributed by atoms with Crippen molar-refractivity contribution in [1.29, 1.82) is 0 Å². The van der Waals surface area contributed by atoms with Crippen molar-refractivity contribution < 1.29 is 9.84 Å². The number of ether oxygens (including phenoxy) is 1. The molecule has 1 aromatic carbocycles. The van der Waals surface area contributed by atoms with Crippen LogP contribution in [0, 0.1) is 0 Å². The highest BCUT2D eigenvalue weighted by molar-refractivity contribution is 9.10. The molecule has 1 heterocycles. The molecule has 0 atom stereocenters. The van der Waals surface area contributed by atoms with Crippen LogP contribution in [0.3, 0.4) is 0 Å². The molecule has 14 heavy (non-hydrogen) atoms. The van der Waals surface area contributed by atoms with Gasteiger partial charge >= 0.3 is 0 Å². The molecule has 0 aliphatic carbocycles. The van der Waals surface area contributed by atoms with Gasteiger partial charge in [-0.25, -0.2) is 0 Å². The van der Waals surface area contributed by atoms with E-state index >= 15 is 0 Å². The zero-order valence-corrected chi connectivity index (χ0v) is 9.46. The molecule has 1 fully saturated rings. The Hall–Kier alpha value is -0.540. The first kappa shape index (κ1) is 9.99. The van der Waals surface area contributed by atoms with Gasteiger partial charge in [-0.05, 0) is 36.5 Å². The van der Waals surface area contributed by atoms with Gasteiger partial charge in [-0.3, -0.25) is 0 Å². The summed E-state index contributed by atoms with van der Waals surface area (Å²) in [5, 5.41) is 9.77. The molecule has 3 heteroatoms. The zero-order valence-electron chi connectivity index (χ0n) is 7.87. The van der Waals surface area contributed by atoms with Gasteiger partial charge in [-0.1, -0.05) is 22.0 Å². The van der Waals surface area contributed by atoms with E-state index in [4.69, 9.17) is 4.74 Å². The second kappa shape index (κ2) is 4.32. The van der Waals surface area contributed by atoms with Crippen molar-refractivity contribution in [2.24, 2.45) is 0 Å². The monoisotopic (exact) mass is 256 g/mol. The number of phenols is 1. The third kappa shape index (κ3) is 2.10. The lowest BCUT2D eigenvalue weighted by Gasteiger charge is -2.23. The Labute approximate surface area is 92.0 Å². The summed E-state index contributed by atoms with van der Waals surface area (Å²) in [6.45, 7) is 1.61. The van der Waals surface area contributed by atoms with Crippen molar-refractivity contribution in [3.8, 4) is 5.75 Å². The van der Waals surface area contributed by atoms with Crippen LogP contribution >= 0.6 is 15.9 Å². The van der Waals surface area contributed by atoms with Gasteiger partial charge in [0.05, 0.1) is 0 Å². The molecule has 2 nitrogen and oxygen atoms in total. The summed E-state index contributed by atoms with van der Waals surface area (Å²) in [5.74, 6) is 0.850. The highest BCUT2D eigenvalue weighted by atomic mass is 79.9. The predicted octanol–water partition coefficient (Wildman–Crippen LogP) is 3.05. The Kier molecular flexibility index (Phi) is 3.08. The lowest BCUT2D eigenvalue weighted by atomic mass is 9.91. The summed E-state index contributed by atoms with van der Waals surface area (Å²) < 4.78 is 6.22. The minimum atomic E-state index is 0.395. The highest BCUT2D eigenvalue weighted by Crippen LogP contribution is 2.34. The Morgan fingerprint density at radius 2 is 2.00 bits per heavy atom. The van der Waals surface area contributed by atoms with Crippen LogP contribution in [0.5, 0.6) is 5.75 Å². The van der Waals surface area contributed by atoms with Gasteiger partial charge in [0.2, 0.25) is 0 Å². The SMILES string of the molecule is Oc1cc(Br)ccc1C1CCOCC1. The Morgan fingerprint density at radius 3 is 2.64 bits per heavy atom. The second-order valence-electron chi connectivity index (χ2n) is 3.59. The average molecular weight is 257 g/mol. The summed E-state index contributed by atoms with van der Waals surface area (Å²) in [7, 11) is 0. The first-order valence-corrected chi connectivity index (χ1v) is 5.63. The minimum absolute atomic E-state index is 0.395. The first-order chi connectivity index (χ1) is 6.77. The predicted molar refractivity (Wildman–Crippen MR) is 58.6 cm³/mol. The van der Waals surface area contributed by atoms with Crippen LogP contribution in [-0.4, -0.2) is 18.3 Å². The first-order valence-electron chi connectivity index (χ1n) is 4.83. The Morgan fingerprint density at radius 1 is 1.29 bits per heavy atom. The molecule has 0 amide bonds. The summed E-state index contributed by atoms with van der Waals surface area (Å²) >= 11 is 3.34. The van der Waals surface area contributed by atoms with Gasteiger partial charge in [0.15, 0.2) is 0 Å². The maximum absolute atomic E-state index is 9.77. The van der Waals surface area contributed by atoms with Gasteiger partial charge in [0, 0.05) is 17.7 Å². The molecule has 2 rings (SSSR count). The Balaban J connectivity index is 2.22. The van der Waals surface area contributed by atoms with Crippen LogP contribution in [0.4, 0.5) is 0 Å². The lowest BCUT2D eigenvalue weighted by molar-refractivity contribution is 0.0848. The molecule has 0 bridgehead atoms. The number of phenolic OH excluding ortho intramolecular Hbond substituents is 1. The highest BCUT2D eigenvalue weighted by Gasteiger charge is 2.18. The molecule has 1 aliphatic rings. The van der Waals surface area contributed by atoms with Crippen LogP contribution in [-0.2, 0) is 4.74 Å². The molecule has 0 unspecified atom stereocenters. The van der Waals surface area contributed by atoms with Crippen molar-refractivity contribution in [3.63, 3.8) is 0 Å². The van der Waals surface area contributed by atoms with Crippen molar-refractivity contribution in [1.82, 2.24) is 0 Å². The second-order valence-corrected chi connectivity index (χ2v) is 4.51. The Bertz CT molecular complexity index is 319. The molecular weight excluding hydrogens is 244 g/mol. The van der Waals surface area contributed by atoms with E-state index in [2.05, 4.69) is 15.9 Å². The van der Waals surface area contributed by atoms with Crippen molar-refractivity contribution in [2.75, 3.05) is 13.2 Å². The fraction of sp³-hybridized carbons (Fsp3) is 0.455. The van der Waals surface area contributed by atoms with E-state index in [0.29, 0.717) is 11.7 Å². The normalized spacial score (nSPS) is 18.4. The molecule has 76 valence electrons. The van der Waals surface area contributed by atoms with E-state index in [-0.39, 0.29) is 0 Å². The van der Waals surface area contributed by atoms with Gasteiger partial charge < -0.3 is 9.84 Å². The van der Waals surface area contributed by atoms with Gasteiger partial charge in [-0.2, -0.15) is 0 Å². The third-order valence-corrected chi connectivity index (χ3v) is 3.15. The summed E-state index contributed by atoms with van der Waals surface area (Å²) in [4.78, 5) is 0. The summed E-state index contributed by atoms with van der Waals surface area (Å²) in [5.41, 5.74) is 1.05. The van der Waals surface area contributed by atoms with Gasteiger partial charge in [0.25, 0.3) is 0 Å². The van der Waals surface area contributed by atoms with E-state index < -0.39 is 0 Å². The molecule has 1 aromatic rings. The molecule has 0 spiro atoms. The van der Waals surface area contributed by atoms with Crippen molar-refractivity contribution in [2.45, 2.75) is 18.8 Å². The third-order valence-electron chi connectivity index (χ3n) is 2.65. The maximum Gasteiger partial charge on any atom is 0.120 e.